The first-order valence-electron chi connectivity index (χ1n) is 23.0. The maximum atomic E-state index is 15.3. The van der Waals surface area contributed by atoms with E-state index in [1.54, 1.807) is 0 Å². The number of likely N-dealkylation sites (N-methyl/N-ethyl adjacent to an activating group) is 1. The second-order valence-electron chi connectivity index (χ2n) is 10.1. The van der Waals surface area contributed by atoms with Gasteiger partial charge in [-0.1, -0.05) is 74.1 Å². The van der Waals surface area contributed by atoms with E-state index in [1.165, 1.54) is 26.0 Å². The van der Waals surface area contributed by atoms with Gasteiger partial charge in [-0.2, -0.15) is 18.2 Å². The van der Waals surface area contributed by atoms with Crippen LogP contribution in [-0.2, 0) is 36.0 Å². The van der Waals surface area contributed by atoms with E-state index in [4.69, 9.17) is 16.4 Å². The number of carbonyl (C=O) groups excluding carboxylic acids is 1. The van der Waals surface area contributed by atoms with Gasteiger partial charge in [-0.3, -0.25) is 9.59 Å². The fourth-order valence-corrected chi connectivity index (χ4v) is 5.27. The van der Waals surface area contributed by atoms with Crippen molar-refractivity contribution in [1.82, 2.24) is 19.4 Å². The van der Waals surface area contributed by atoms with Crippen LogP contribution in [-0.4, -0.2) is 51.3 Å². The standard InChI is InChI=1S/C37H40F4N4O2S/c1-4-43(5-2)21-22-44(25(3)27-11-13-28(14-12-27)29-15-17-30(18-16-29)37(39,40)41)34(46)23-45-33-8-6-7-32(33)35(47)42-36(45)48-24-26-9-19-31(38)20-10-26/h9-20,25H,4-8,21-24H2,1-3H3/i6D2,7D2,8D2,9D,10D,19D,20D,21D2,22D2,23D2,25D. The summed E-state index contributed by atoms with van der Waals surface area (Å²) in [4.78, 5) is 33.4. The average molecular weight is 698 g/mol. The van der Waals surface area contributed by atoms with Crippen LogP contribution in [0.1, 0.15) is 84.4 Å². The summed E-state index contributed by atoms with van der Waals surface area (Å²) in [6, 6.07) is 1.72. The van der Waals surface area contributed by atoms with E-state index >= 15 is 4.79 Å². The quantitative estimate of drug-likeness (QED) is 0.0812. The number of carbonyl (C=O) groups is 1. The van der Waals surface area contributed by atoms with Crippen LogP contribution >= 0.6 is 11.8 Å². The van der Waals surface area contributed by atoms with E-state index in [1.807, 2.05) is 0 Å². The highest BCUT2D eigenvalue weighted by Crippen LogP contribution is 2.32. The maximum absolute atomic E-state index is 15.3. The Kier molecular flexibility index (Phi) is 6.23. The molecule has 1 amide bonds. The number of hydrogen-bond donors (Lipinski definition) is 0. The third kappa shape index (κ3) is 8.36. The summed E-state index contributed by atoms with van der Waals surface area (Å²) >= 11 is 0.135. The lowest BCUT2D eigenvalue weighted by molar-refractivity contribution is -0.137. The topological polar surface area (TPSA) is 58.4 Å². The number of nitrogens with zero attached hydrogens (tertiary/aromatic N) is 4. The van der Waals surface area contributed by atoms with E-state index in [-0.39, 0.29) is 51.0 Å². The minimum atomic E-state index is -4.64. The lowest BCUT2D eigenvalue weighted by Crippen LogP contribution is -2.42. The second kappa shape index (κ2) is 15.5. The van der Waals surface area contributed by atoms with Crippen molar-refractivity contribution in [2.45, 2.75) is 69.5 Å². The number of fused-ring (bicyclic) bond motifs is 1. The molecule has 5 rings (SSSR count). The van der Waals surface area contributed by atoms with Crippen molar-refractivity contribution in [3.8, 4) is 11.1 Å². The molecule has 254 valence electrons. The van der Waals surface area contributed by atoms with Crippen LogP contribution in [0.3, 0.4) is 0 Å². The monoisotopic (exact) mass is 697 g/mol. The van der Waals surface area contributed by atoms with E-state index < -0.39 is 126 Å². The van der Waals surface area contributed by atoms with Crippen molar-refractivity contribution in [3.05, 3.63) is 117 Å². The SMILES string of the molecule is [2H]c1c([2H])c(CSc2nc(=O)c3c(n2C([2H])([2H])C(=O)N(C([2H])(C)c2ccc(-c4ccc(C(F)(F)F)cc4)cc2)C([2H])([2H])C([2H])([2H])N(CC)CC)C([2H])([2H])C([2H])([2H])C3([2H])[2H])c([2H])c([2H])c1F. The molecule has 4 aromatic rings. The van der Waals surface area contributed by atoms with E-state index in [2.05, 4.69) is 4.98 Å². The Morgan fingerprint density at radius 2 is 1.67 bits per heavy atom. The first-order valence-corrected chi connectivity index (χ1v) is 15.4. The largest absolute Gasteiger partial charge is 0.416 e. The molecule has 1 unspecified atom stereocenters. The molecule has 3 aromatic carbocycles. The maximum Gasteiger partial charge on any atom is 0.416 e. The molecule has 0 fully saturated rings. The van der Waals surface area contributed by atoms with Gasteiger partial charge in [0.15, 0.2) is 5.16 Å². The van der Waals surface area contributed by atoms with Crippen molar-refractivity contribution >= 4 is 17.7 Å². The van der Waals surface area contributed by atoms with Gasteiger partial charge < -0.3 is 14.4 Å². The Bertz CT molecular complexity index is 2540. The molecule has 1 heterocycles. The van der Waals surface area contributed by atoms with E-state index in [0.29, 0.717) is 0 Å². The first kappa shape index (κ1) is 19.3. The Hall–Kier alpha value is -3.96. The summed E-state index contributed by atoms with van der Waals surface area (Å²) in [5.41, 5.74) is -5.86. The Morgan fingerprint density at radius 3 is 2.27 bits per heavy atom. The summed E-state index contributed by atoms with van der Waals surface area (Å²) in [6.45, 7) is -7.86. The normalized spacial score (nSPS) is 23.4. The molecule has 1 aliphatic rings. The minimum absolute atomic E-state index is 0.0424. The summed E-state index contributed by atoms with van der Waals surface area (Å²) < 4.78 is 203. The second-order valence-corrected chi connectivity index (χ2v) is 11.0. The average Bonchev–Trinajstić information content (AvgIpc) is 3.32. The number of amides is 1. The van der Waals surface area contributed by atoms with Gasteiger partial charge in [0.1, 0.15) is 12.3 Å². The molecule has 0 aliphatic heterocycles. The van der Waals surface area contributed by atoms with Crippen molar-refractivity contribution in [3.63, 3.8) is 0 Å². The smallest absolute Gasteiger partial charge is 0.333 e. The predicted octanol–water partition coefficient (Wildman–Crippen LogP) is 7.78. The third-order valence-electron chi connectivity index (χ3n) is 7.10. The predicted molar refractivity (Wildman–Crippen MR) is 181 cm³/mol. The molecule has 48 heavy (non-hydrogen) atoms. The van der Waals surface area contributed by atoms with Crippen LogP contribution in [0.5, 0.6) is 0 Å². The lowest BCUT2D eigenvalue weighted by atomic mass is 9.99. The Morgan fingerprint density at radius 1 is 1.04 bits per heavy atom. The molecule has 11 heteroatoms. The zero-order valence-corrected chi connectivity index (χ0v) is 26.6. The fourth-order valence-electron chi connectivity index (χ4n) is 4.44. The Balaban J connectivity index is 1.80. The number of alkyl halides is 3. The van der Waals surface area contributed by atoms with Crippen LogP contribution < -0.4 is 5.56 Å². The Labute approximate surface area is 306 Å². The number of thioether (sulfide) groups is 1. The number of aromatic nitrogens is 2. The van der Waals surface area contributed by atoms with Crippen LogP contribution in [0.25, 0.3) is 11.1 Å². The van der Waals surface area contributed by atoms with Crippen molar-refractivity contribution in [1.29, 1.82) is 0 Å². The molecule has 6 nitrogen and oxygen atoms in total. The van der Waals surface area contributed by atoms with Crippen LogP contribution in [0.15, 0.2) is 82.7 Å². The molecular weight excluding hydrogens is 640 g/mol. The first-order chi connectivity index (χ1) is 29.5. The number of rotatable bonds is 13. The van der Waals surface area contributed by atoms with Gasteiger partial charge in [0.2, 0.25) is 5.91 Å². The molecule has 0 radical (unpaired) electrons. The molecule has 0 saturated carbocycles. The molecule has 0 saturated heterocycles. The van der Waals surface area contributed by atoms with E-state index in [0.717, 1.165) is 48.2 Å². The highest BCUT2D eigenvalue weighted by molar-refractivity contribution is 7.98. The van der Waals surface area contributed by atoms with Crippen LogP contribution in [0.4, 0.5) is 17.6 Å². The summed E-state index contributed by atoms with van der Waals surface area (Å²) in [7, 11) is 0. The van der Waals surface area contributed by atoms with Crippen molar-refractivity contribution in [2.24, 2.45) is 0 Å². The van der Waals surface area contributed by atoms with Gasteiger partial charge in [-0.25, -0.2) is 4.39 Å². The molecular formula is C37H40F4N4O2S. The van der Waals surface area contributed by atoms with Gasteiger partial charge in [-0.15, -0.1) is 0 Å². The van der Waals surface area contributed by atoms with Crippen LogP contribution in [0, 0.1) is 5.82 Å². The fraction of sp³-hybridized carbons (Fsp3) is 0.378. The van der Waals surface area contributed by atoms with Gasteiger partial charge >= 0.3 is 6.18 Å². The molecule has 0 spiro atoms. The number of hydrogen-bond acceptors (Lipinski definition) is 5. The van der Waals surface area contributed by atoms with Gasteiger partial charge in [-0.05, 0) is 85.6 Å². The summed E-state index contributed by atoms with van der Waals surface area (Å²) in [5.74, 6) is -4.58. The number of halogens is 4. The number of benzene rings is 3. The molecule has 1 aromatic heterocycles. The van der Waals surface area contributed by atoms with Gasteiger partial charge in [0.25, 0.3) is 5.56 Å². The zero-order valence-electron chi connectivity index (χ0n) is 42.8. The molecule has 1 atom stereocenters. The molecule has 1 aliphatic carbocycles. The van der Waals surface area contributed by atoms with Crippen LogP contribution in [0.2, 0.25) is 0 Å². The lowest BCUT2D eigenvalue weighted by Gasteiger charge is -2.33. The van der Waals surface area contributed by atoms with Gasteiger partial charge in [0.05, 0.1) is 23.9 Å². The highest BCUT2D eigenvalue weighted by Gasteiger charge is 2.30. The summed E-state index contributed by atoms with van der Waals surface area (Å²) in [5, 5.41) is -1.09. The zero-order chi connectivity index (χ0) is 49.6. The third-order valence-corrected chi connectivity index (χ3v) is 8.07. The molecule has 0 N–H and O–H groups in total. The van der Waals surface area contributed by atoms with E-state index in [9.17, 15) is 29.2 Å². The minimum Gasteiger partial charge on any atom is -0.333 e. The van der Waals surface area contributed by atoms with Crippen molar-refractivity contribution < 1.29 is 45.7 Å². The molecule has 0 bridgehead atoms. The van der Waals surface area contributed by atoms with Crippen molar-refractivity contribution in [2.75, 3.05) is 26.1 Å². The van der Waals surface area contributed by atoms with Gasteiger partial charge in [0, 0.05) is 41.0 Å². The highest BCUT2D eigenvalue weighted by atomic mass is 32.2. The summed E-state index contributed by atoms with van der Waals surface area (Å²) in [6.07, 6.45) is -15.7.